The van der Waals surface area contributed by atoms with E-state index in [-0.39, 0.29) is 0 Å². The van der Waals surface area contributed by atoms with Crippen LogP contribution in [0.5, 0.6) is 0 Å². The molecule has 0 aromatic heterocycles. The minimum absolute atomic E-state index is 0.675. The molecule has 24 heavy (non-hydrogen) atoms. The summed E-state index contributed by atoms with van der Waals surface area (Å²) in [5.41, 5.74) is 0. The van der Waals surface area contributed by atoms with Crippen LogP contribution in [0.2, 0.25) is 0 Å². The van der Waals surface area contributed by atoms with Gasteiger partial charge in [-0.15, -0.1) is 0 Å². The first kappa shape index (κ1) is 19.9. The highest BCUT2D eigenvalue weighted by Gasteiger charge is 2.55. The fraction of sp³-hybridized carbons (Fsp3) is 1.00. The van der Waals surface area contributed by atoms with Crippen LogP contribution in [0.4, 0.5) is 0 Å². The first-order valence-corrected chi connectivity index (χ1v) is 7.47. The Labute approximate surface area is 137 Å². The topological polar surface area (TPSA) is 190 Å². The van der Waals surface area contributed by atoms with Gasteiger partial charge >= 0.3 is 0 Å². The van der Waals surface area contributed by atoms with E-state index in [0.29, 0.717) is 0 Å². The van der Waals surface area contributed by atoms with E-state index in [2.05, 4.69) is 0 Å². The van der Waals surface area contributed by atoms with E-state index in [1.165, 1.54) is 6.92 Å². The Kier molecular flexibility index (Phi) is 6.16. The predicted octanol–water partition coefficient (Wildman–Crippen LogP) is -5.01. The number of hydrogen-bond donors (Lipinski definition) is 8. The van der Waals surface area contributed by atoms with E-state index in [9.17, 15) is 35.7 Å². The van der Waals surface area contributed by atoms with Crippen molar-refractivity contribution in [2.24, 2.45) is 0 Å². The summed E-state index contributed by atoms with van der Waals surface area (Å²) in [7, 11) is 0. The summed E-state index contributed by atoms with van der Waals surface area (Å²) in [5.74, 6) is -2.01. The molecule has 0 spiro atoms. The van der Waals surface area contributed by atoms with Crippen LogP contribution in [-0.2, 0) is 14.2 Å². The smallest absolute Gasteiger partial charge is 0.197 e. The van der Waals surface area contributed by atoms with Gasteiger partial charge in [-0.2, -0.15) is 0 Å². The second-order valence-electron chi connectivity index (χ2n) is 6.10. The summed E-state index contributed by atoms with van der Waals surface area (Å²) in [6.45, 7) is -0.180. The minimum atomic E-state index is -2.01. The van der Waals surface area contributed by atoms with Crippen molar-refractivity contribution in [2.75, 3.05) is 13.2 Å². The van der Waals surface area contributed by atoms with Gasteiger partial charge in [0.15, 0.2) is 12.1 Å². The molecule has 0 aliphatic carbocycles. The van der Waals surface area contributed by atoms with Gasteiger partial charge < -0.3 is 55.1 Å². The van der Waals surface area contributed by atoms with Gasteiger partial charge in [0.2, 0.25) is 0 Å². The van der Waals surface area contributed by atoms with Gasteiger partial charge in [0.1, 0.15) is 48.8 Å². The molecule has 11 nitrogen and oxygen atoms in total. The molecule has 8 N–H and O–H groups in total. The van der Waals surface area contributed by atoms with Crippen molar-refractivity contribution in [3.8, 4) is 0 Å². The van der Waals surface area contributed by atoms with E-state index in [4.69, 9.17) is 19.3 Å². The molecular formula is C13H24O11. The van der Waals surface area contributed by atoms with Gasteiger partial charge in [-0.05, 0) is 6.92 Å². The average Bonchev–Trinajstić information content (AvgIpc) is 2.57. The average molecular weight is 356 g/mol. The molecule has 0 unspecified atom stereocenters. The molecule has 11 heteroatoms. The SMILES string of the molecule is C[C@]1(O[C@H]2O[C@H](CO)[C@@H](O)[C@H](O)[C@H]2O)O[C@H](CO)[C@@H](O)[C@H](O)[C@@H]1O. The Balaban J connectivity index is 2.18. The predicted molar refractivity (Wildman–Crippen MR) is 73.2 cm³/mol. The van der Waals surface area contributed by atoms with Crippen molar-refractivity contribution >= 4 is 0 Å². The van der Waals surface area contributed by atoms with Crippen LogP contribution in [-0.4, -0.2) is 115 Å². The van der Waals surface area contributed by atoms with Crippen LogP contribution in [0.3, 0.4) is 0 Å². The number of aliphatic hydroxyl groups excluding tert-OH is 8. The normalized spacial score (nSPS) is 53.1. The molecule has 2 rings (SSSR count). The van der Waals surface area contributed by atoms with Crippen molar-refractivity contribution in [2.45, 2.75) is 67.8 Å². The fourth-order valence-corrected chi connectivity index (χ4v) is 2.79. The van der Waals surface area contributed by atoms with Gasteiger partial charge in [-0.25, -0.2) is 0 Å². The Bertz CT molecular complexity index is 419. The molecular weight excluding hydrogens is 332 g/mol. The van der Waals surface area contributed by atoms with Crippen LogP contribution in [0.25, 0.3) is 0 Å². The Morgan fingerprint density at radius 3 is 1.88 bits per heavy atom. The van der Waals surface area contributed by atoms with Crippen LogP contribution in [0, 0.1) is 0 Å². The van der Waals surface area contributed by atoms with E-state index < -0.39 is 74.1 Å². The third kappa shape index (κ3) is 3.43. The minimum Gasteiger partial charge on any atom is -0.394 e. The summed E-state index contributed by atoms with van der Waals surface area (Å²) in [4.78, 5) is 0. The molecule has 2 aliphatic heterocycles. The monoisotopic (exact) mass is 356 g/mol. The third-order valence-corrected chi connectivity index (χ3v) is 4.36. The summed E-state index contributed by atoms with van der Waals surface area (Å²) >= 11 is 0. The molecule has 2 fully saturated rings. The zero-order valence-corrected chi connectivity index (χ0v) is 12.9. The summed E-state index contributed by atoms with van der Waals surface area (Å²) in [6.07, 6.45) is -14.2. The van der Waals surface area contributed by atoms with Crippen molar-refractivity contribution in [1.82, 2.24) is 0 Å². The number of aliphatic hydroxyl groups is 8. The number of rotatable bonds is 4. The highest BCUT2D eigenvalue weighted by atomic mass is 16.8. The number of hydrogen-bond acceptors (Lipinski definition) is 11. The van der Waals surface area contributed by atoms with E-state index in [0.717, 1.165) is 0 Å². The number of ether oxygens (including phenoxy) is 3. The molecule has 0 bridgehead atoms. The largest absolute Gasteiger partial charge is 0.394 e. The maximum atomic E-state index is 10.1. The fourth-order valence-electron chi connectivity index (χ4n) is 2.79. The second-order valence-corrected chi connectivity index (χ2v) is 6.10. The first-order chi connectivity index (χ1) is 11.2. The van der Waals surface area contributed by atoms with E-state index in [1.54, 1.807) is 0 Å². The first-order valence-electron chi connectivity index (χ1n) is 7.47. The Morgan fingerprint density at radius 1 is 0.792 bits per heavy atom. The molecule has 0 amide bonds. The Morgan fingerprint density at radius 2 is 1.33 bits per heavy atom. The van der Waals surface area contributed by atoms with Crippen LogP contribution >= 0.6 is 0 Å². The molecule has 0 saturated carbocycles. The lowest BCUT2D eigenvalue weighted by molar-refractivity contribution is -0.416. The summed E-state index contributed by atoms with van der Waals surface area (Å²) in [5, 5.41) is 77.4. The zero-order valence-electron chi connectivity index (χ0n) is 12.9. The quantitative estimate of drug-likeness (QED) is 0.241. The lowest BCUT2D eigenvalue weighted by Crippen LogP contribution is -2.68. The molecule has 2 saturated heterocycles. The van der Waals surface area contributed by atoms with Gasteiger partial charge in [0.05, 0.1) is 13.2 Å². The van der Waals surface area contributed by atoms with Crippen LogP contribution < -0.4 is 0 Å². The third-order valence-electron chi connectivity index (χ3n) is 4.36. The summed E-state index contributed by atoms with van der Waals surface area (Å²) in [6, 6.07) is 0. The molecule has 10 atom stereocenters. The lowest BCUT2D eigenvalue weighted by Gasteiger charge is -2.49. The van der Waals surface area contributed by atoms with Crippen LogP contribution in [0.15, 0.2) is 0 Å². The van der Waals surface area contributed by atoms with E-state index in [1.807, 2.05) is 0 Å². The van der Waals surface area contributed by atoms with Crippen molar-refractivity contribution < 1.29 is 55.1 Å². The van der Waals surface area contributed by atoms with E-state index >= 15 is 0 Å². The van der Waals surface area contributed by atoms with Gasteiger partial charge in [-0.3, -0.25) is 0 Å². The lowest BCUT2D eigenvalue weighted by atomic mass is 9.93. The van der Waals surface area contributed by atoms with Gasteiger partial charge in [-0.1, -0.05) is 0 Å². The maximum Gasteiger partial charge on any atom is 0.197 e. The second kappa shape index (κ2) is 7.43. The maximum absolute atomic E-state index is 10.1. The molecule has 142 valence electrons. The van der Waals surface area contributed by atoms with Crippen molar-refractivity contribution in [3.63, 3.8) is 0 Å². The molecule has 0 aromatic rings. The molecule has 2 heterocycles. The summed E-state index contributed by atoms with van der Waals surface area (Å²) < 4.78 is 15.8. The van der Waals surface area contributed by atoms with Gasteiger partial charge in [0.25, 0.3) is 0 Å². The standard InChI is InChI=1S/C13H24O11/c1-13(11(21)9(19)7(17)5(3-15)23-13)24-12-10(20)8(18)6(16)4(2-14)22-12/h4-12,14-21H,2-3H2,1H3/t4-,5-,6-,7-,8+,9+,10-,11+,12-,13-/m1/s1. The highest BCUT2D eigenvalue weighted by Crippen LogP contribution is 2.34. The van der Waals surface area contributed by atoms with Crippen molar-refractivity contribution in [3.05, 3.63) is 0 Å². The Hall–Kier alpha value is -0.440. The molecule has 2 aliphatic rings. The van der Waals surface area contributed by atoms with Crippen LogP contribution in [0.1, 0.15) is 6.92 Å². The molecule has 0 aromatic carbocycles. The zero-order chi connectivity index (χ0) is 18.2. The highest BCUT2D eigenvalue weighted by molar-refractivity contribution is 4.96. The van der Waals surface area contributed by atoms with Crippen molar-refractivity contribution in [1.29, 1.82) is 0 Å². The van der Waals surface area contributed by atoms with Gasteiger partial charge in [0, 0.05) is 0 Å². The molecule has 0 radical (unpaired) electrons.